The molecule has 0 bridgehead atoms. The number of rotatable bonds is 1. The molecule has 0 fully saturated rings. The Hall–Kier alpha value is -1.57. The molecule has 0 aliphatic carbocycles. The summed E-state index contributed by atoms with van der Waals surface area (Å²) in [5, 5.41) is 0.140. The number of benzene rings is 1. The largest absolute Gasteiger partial charge is 0.416 e. The quantitative estimate of drug-likeness (QED) is 0.634. The van der Waals surface area contributed by atoms with Gasteiger partial charge in [-0.05, 0) is 32.0 Å². The Kier molecular flexibility index (Phi) is 3.77. The second-order valence-corrected chi connectivity index (χ2v) is 5.66. The molecular weight excluding hydrogens is 316 g/mol. The van der Waals surface area contributed by atoms with Crippen LogP contribution in [0.4, 0.5) is 26.3 Å². The maximum Gasteiger partial charge on any atom is 0.416 e. The lowest BCUT2D eigenvalue weighted by Crippen LogP contribution is -2.11. The van der Waals surface area contributed by atoms with Gasteiger partial charge in [0.15, 0.2) is 0 Å². The molecule has 0 spiro atoms. The topological polar surface area (TPSA) is 12.9 Å². The zero-order valence-corrected chi connectivity index (χ0v) is 11.7. The van der Waals surface area contributed by atoms with E-state index in [4.69, 9.17) is 0 Å². The van der Waals surface area contributed by atoms with Crippen molar-refractivity contribution in [3.05, 3.63) is 39.9 Å². The summed E-state index contributed by atoms with van der Waals surface area (Å²) >= 11 is 1.06. The van der Waals surface area contributed by atoms with Crippen molar-refractivity contribution in [3.8, 4) is 10.6 Å². The van der Waals surface area contributed by atoms with Crippen molar-refractivity contribution in [1.29, 1.82) is 0 Å². The Labute approximate surface area is 120 Å². The number of nitrogens with zero attached hydrogens (tertiary/aromatic N) is 1. The Morgan fingerprint density at radius 3 is 1.67 bits per heavy atom. The van der Waals surface area contributed by atoms with E-state index in [2.05, 4.69) is 4.98 Å². The summed E-state index contributed by atoms with van der Waals surface area (Å²) in [5.41, 5.74) is -2.27. The standard InChI is InChI=1S/C13H9F6NS/c1-6-7(2)21-11(20-6)8-3-9(12(14,15)16)5-10(4-8)13(17,18)19/h3-5H,1-2H3. The van der Waals surface area contributed by atoms with Crippen LogP contribution in [0.15, 0.2) is 18.2 Å². The van der Waals surface area contributed by atoms with Gasteiger partial charge in [-0.3, -0.25) is 0 Å². The van der Waals surface area contributed by atoms with Gasteiger partial charge in [0.05, 0.1) is 16.8 Å². The van der Waals surface area contributed by atoms with Crippen LogP contribution >= 0.6 is 11.3 Å². The van der Waals surface area contributed by atoms with Crippen molar-refractivity contribution in [1.82, 2.24) is 4.98 Å². The highest BCUT2D eigenvalue weighted by molar-refractivity contribution is 7.15. The number of thiazole rings is 1. The first-order chi connectivity index (χ1) is 9.48. The second kappa shape index (κ2) is 5.01. The van der Waals surface area contributed by atoms with E-state index in [1.54, 1.807) is 13.8 Å². The first-order valence-corrected chi connectivity index (χ1v) is 6.54. The molecule has 8 heteroatoms. The maximum atomic E-state index is 12.8. The molecule has 0 aliphatic rings. The molecular formula is C13H9F6NS. The molecule has 1 aromatic heterocycles. The van der Waals surface area contributed by atoms with Gasteiger partial charge < -0.3 is 0 Å². The fourth-order valence-corrected chi connectivity index (χ4v) is 2.58. The molecule has 114 valence electrons. The fourth-order valence-electron chi connectivity index (χ4n) is 1.67. The van der Waals surface area contributed by atoms with Gasteiger partial charge in [-0.25, -0.2) is 4.98 Å². The lowest BCUT2D eigenvalue weighted by Gasteiger charge is -2.13. The van der Waals surface area contributed by atoms with Gasteiger partial charge >= 0.3 is 12.4 Å². The molecule has 0 radical (unpaired) electrons. The second-order valence-electron chi connectivity index (χ2n) is 4.46. The van der Waals surface area contributed by atoms with Crippen LogP contribution in [0.3, 0.4) is 0 Å². The van der Waals surface area contributed by atoms with Crippen molar-refractivity contribution in [3.63, 3.8) is 0 Å². The highest BCUT2D eigenvalue weighted by Gasteiger charge is 2.37. The molecule has 0 atom stereocenters. The molecule has 0 saturated heterocycles. The minimum absolute atomic E-state index is 0.108. The highest BCUT2D eigenvalue weighted by Crippen LogP contribution is 2.39. The number of alkyl halides is 6. The van der Waals surface area contributed by atoms with Gasteiger partial charge in [0, 0.05) is 10.4 Å². The minimum Gasteiger partial charge on any atom is -0.241 e. The molecule has 0 aliphatic heterocycles. The predicted octanol–water partition coefficient (Wildman–Crippen LogP) is 5.46. The van der Waals surface area contributed by atoms with E-state index in [0.717, 1.165) is 16.2 Å². The molecule has 0 unspecified atom stereocenters. The summed E-state index contributed by atoms with van der Waals surface area (Å²) in [6.45, 7) is 3.35. The molecule has 1 aromatic carbocycles. The normalized spacial score (nSPS) is 12.8. The lowest BCUT2D eigenvalue weighted by molar-refractivity contribution is -0.143. The number of aryl methyl sites for hydroxylation is 2. The van der Waals surface area contributed by atoms with Crippen molar-refractivity contribution < 1.29 is 26.3 Å². The minimum atomic E-state index is -4.85. The van der Waals surface area contributed by atoms with Crippen LogP contribution in [-0.4, -0.2) is 4.98 Å². The van der Waals surface area contributed by atoms with Crippen molar-refractivity contribution >= 4 is 11.3 Å². The van der Waals surface area contributed by atoms with Crippen LogP contribution in [0.25, 0.3) is 10.6 Å². The van der Waals surface area contributed by atoms with Crippen molar-refractivity contribution in [2.24, 2.45) is 0 Å². The van der Waals surface area contributed by atoms with E-state index in [1.807, 2.05) is 0 Å². The summed E-state index contributed by atoms with van der Waals surface area (Å²) in [7, 11) is 0. The molecule has 2 aromatic rings. The fraction of sp³-hybridized carbons (Fsp3) is 0.308. The number of hydrogen-bond acceptors (Lipinski definition) is 2. The van der Waals surface area contributed by atoms with E-state index >= 15 is 0 Å². The van der Waals surface area contributed by atoms with Crippen LogP contribution in [0.1, 0.15) is 21.7 Å². The van der Waals surface area contributed by atoms with Crippen LogP contribution in [0.2, 0.25) is 0 Å². The molecule has 0 amide bonds. The van der Waals surface area contributed by atoms with Gasteiger partial charge in [0.2, 0.25) is 0 Å². The molecule has 21 heavy (non-hydrogen) atoms. The SMILES string of the molecule is Cc1nc(-c2cc(C(F)(F)F)cc(C(F)(F)F)c2)sc1C. The first-order valence-electron chi connectivity index (χ1n) is 5.72. The molecule has 0 saturated carbocycles. The molecule has 2 rings (SSSR count). The Morgan fingerprint density at radius 1 is 0.857 bits per heavy atom. The monoisotopic (exact) mass is 325 g/mol. The summed E-state index contributed by atoms with van der Waals surface area (Å²) in [6.07, 6.45) is -9.70. The maximum absolute atomic E-state index is 12.8. The van der Waals surface area contributed by atoms with Crippen LogP contribution in [-0.2, 0) is 12.4 Å². The van der Waals surface area contributed by atoms with Crippen LogP contribution in [0, 0.1) is 13.8 Å². The highest BCUT2D eigenvalue weighted by atomic mass is 32.1. The molecule has 1 nitrogen and oxygen atoms in total. The average molecular weight is 325 g/mol. The van der Waals surface area contributed by atoms with Gasteiger partial charge in [-0.1, -0.05) is 0 Å². The Bertz CT molecular complexity index is 617. The number of halogens is 6. The summed E-state index contributed by atoms with van der Waals surface area (Å²) in [4.78, 5) is 4.76. The zero-order chi connectivity index (χ0) is 16.0. The van der Waals surface area contributed by atoms with E-state index < -0.39 is 23.5 Å². The van der Waals surface area contributed by atoms with E-state index in [0.29, 0.717) is 17.8 Å². The van der Waals surface area contributed by atoms with Gasteiger partial charge in [-0.2, -0.15) is 26.3 Å². The smallest absolute Gasteiger partial charge is 0.241 e. The average Bonchev–Trinajstić information content (AvgIpc) is 2.67. The van der Waals surface area contributed by atoms with Gasteiger partial charge in [0.1, 0.15) is 5.01 Å². The summed E-state index contributed by atoms with van der Waals surface area (Å²) in [5.74, 6) is 0. The zero-order valence-electron chi connectivity index (χ0n) is 10.9. The third-order valence-corrected chi connectivity index (χ3v) is 3.99. The van der Waals surface area contributed by atoms with Gasteiger partial charge in [0.25, 0.3) is 0 Å². The summed E-state index contributed by atoms with van der Waals surface area (Å²) in [6, 6.07) is 1.48. The first kappa shape index (κ1) is 15.8. The van der Waals surface area contributed by atoms with Crippen LogP contribution in [0.5, 0.6) is 0 Å². The van der Waals surface area contributed by atoms with Crippen LogP contribution < -0.4 is 0 Å². The van der Waals surface area contributed by atoms with Crippen molar-refractivity contribution in [2.75, 3.05) is 0 Å². The van der Waals surface area contributed by atoms with Crippen molar-refractivity contribution in [2.45, 2.75) is 26.2 Å². The summed E-state index contributed by atoms with van der Waals surface area (Å²) < 4.78 is 76.5. The third-order valence-electron chi connectivity index (χ3n) is 2.86. The van der Waals surface area contributed by atoms with E-state index in [-0.39, 0.29) is 16.6 Å². The lowest BCUT2D eigenvalue weighted by atomic mass is 10.1. The van der Waals surface area contributed by atoms with E-state index in [1.165, 1.54) is 0 Å². The van der Waals surface area contributed by atoms with E-state index in [9.17, 15) is 26.3 Å². The Morgan fingerprint density at radius 2 is 1.33 bits per heavy atom. The number of aromatic nitrogens is 1. The number of hydrogen-bond donors (Lipinski definition) is 0. The Balaban J connectivity index is 2.65. The molecule has 1 heterocycles. The van der Waals surface area contributed by atoms with Gasteiger partial charge in [-0.15, -0.1) is 11.3 Å². The third kappa shape index (κ3) is 3.37. The molecule has 0 N–H and O–H groups in total. The predicted molar refractivity (Wildman–Crippen MR) is 67.0 cm³/mol.